The van der Waals surface area contributed by atoms with Crippen LogP contribution in [0.15, 0.2) is 40.4 Å². The zero-order valence-electron chi connectivity index (χ0n) is 12.4. The van der Waals surface area contributed by atoms with Crippen molar-refractivity contribution in [2.45, 2.75) is 13.8 Å². The molecule has 1 aromatic heterocycles. The molecule has 7 heteroatoms. The number of carbonyl (C=O) groups excluding carboxylic acids is 1. The van der Waals surface area contributed by atoms with Gasteiger partial charge in [0.2, 0.25) is 0 Å². The minimum absolute atomic E-state index is 0.0174. The Labute approximate surface area is 135 Å². The minimum atomic E-state index is -0.559. The maximum Gasteiger partial charge on any atom is 0.368 e. The summed E-state index contributed by atoms with van der Waals surface area (Å²) in [5.41, 5.74) is 2.66. The normalized spacial score (nSPS) is 15.7. The summed E-state index contributed by atoms with van der Waals surface area (Å²) in [6, 6.07) is 6.68. The molecule has 0 spiro atoms. The second-order valence-electron chi connectivity index (χ2n) is 5.10. The lowest BCUT2D eigenvalue weighted by atomic mass is 10.00. The highest BCUT2D eigenvalue weighted by atomic mass is 32.1. The number of carbonyl (C=O) groups is 1. The van der Waals surface area contributed by atoms with E-state index in [0.29, 0.717) is 22.4 Å². The number of nitro groups is 1. The first kappa shape index (κ1) is 15.1. The van der Waals surface area contributed by atoms with Gasteiger partial charge in [0.15, 0.2) is 0 Å². The third-order valence-electron chi connectivity index (χ3n) is 3.55. The van der Waals surface area contributed by atoms with Crippen LogP contribution in [0.1, 0.15) is 21.6 Å². The standard InChI is InChI=1S/C16H12N2O4S/c1-9-3-4-11(7-13(9)18(20)21)15-12(16(19)22-17-15)8-14-10(2)5-6-23-14/h3-8H,1-2H3/b12-8+. The number of aryl methyl sites for hydroxylation is 2. The Morgan fingerprint density at radius 1 is 1.26 bits per heavy atom. The highest BCUT2D eigenvalue weighted by Crippen LogP contribution is 2.27. The van der Waals surface area contributed by atoms with Gasteiger partial charge in [-0.3, -0.25) is 10.1 Å². The molecule has 0 fully saturated rings. The number of benzene rings is 1. The van der Waals surface area contributed by atoms with Crippen molar-refractivity contribution in [1.29, 1.82) is 0 Å². The summed E-state index contributed by atoms with van der Waals surface area (Å²) in [4.78, 5) is 28.3. The van der Waals surface area contributed by atoms with Crippen molar-refractivity contribution in [3.8, 4) is 0 Å². The van der Waals surface area contributed by atoms with E-state index in [2.05, 4.69) is 5.16 Å². The van der Waals surface area contributed by atoms with Crippen LogP contribution in [0.3, 0.4) is 0 Å². The molecule has 0 saturated heterocycles. The van der Waals surface area contributed by atoms with Crippen molar-refractivity contribution in [3.63, 3.8) is 0 Å². The molecular weight excluding hydrogens is 316 g/mol. The van der Waals surface area contributed by atoms with Gasteiger partial charge in [-0.15, -0.1) is 11.3 Å². The van der Waals surface area contributed by atoms with Crippen LogP contribution in [0.2, 0.25) is 0 Å². The summed E-state index contributed by atoms with van der Waals surface area (Å²) in [5.74, 6) is -0.559. The van der Waals surface area contributed by atoms with E-state index in [0.717, 1.165) is 10.4 Å². The monoisotopic (exact) mass is 328 g/mol. The lowest BCUT2D eigenvalue weighted by molar-refractivity contribution is -0.385. The number of thiophene rings is 1. The van der Waals surface area contributed by atoms with Crippen LogP contribution in [0.4, 0.5) is 5.69 Å². The quantitative estimate of drug-likeness (QED) is 0.373. The van der Waals surface area contributed by atoms with Crippen LogP contribution < -0.4 is 0 Å². The fourth-order valence-corrected chi connectivity index (χ4v) is 3.09. The smallest absolute Gasteiger partial charge is 0.312 e. The molecule has 23 heavy (non-hydrogen) atoms. The Morgan fingerprint density at radius 2 is 2.04 bits per heavy atom. The lowest BCUT2D eigenvalue weighted by Crippen LogP contribution is -2.07. The van der Waals surface area contributed by atoms with Crippen LogP contribution in [0.5, 0.6) is 0 Å². The van der Waals surface area contributed by atoms with Crippen molar-refractivity contribution in [1.82, 2.24) is 0 Å². The minimum Gasteiger partial charge on any atom is -0.312 e. The zero-order valence-corrected chi connectivity index (χ0v) is 13.2. The first-order valence-corrected chi connectivity index (χ1v) is 7.66. The van der Waals surface area contributed by atoms with Crippen LogP contribution in [-0.4, -0.2) is 16.6 Å². The van der Waals surface area contributed by atoms with Crippen molar-refractivity contribution in [2.24, 2.45) is 5.16 Å². The maximum absolute atomic E-state index is 11.9. The molecule has 1 aliphatic rings. The van der Waals surface area contributed by atoms with E-state index in [1.807, 2.05) is 18.4 Å². The third-order valence-corrected chi connectivity index (χ3v) is 4.52. The molecule has 6 nitrogen and oxygen atoms in total. The largest absolute Gasteiger partial charge is 0.368 e. The number of nitro benzene ring substituents is 1. The van der Waals surface area contributed by atoms with Crippen molar-refractivity contribution in [2.75, 3.05) is 0 Å². The molecule has 0 saturated carbocycles. The van der Waals surface area contributed by atoms with Gasteiger partial charge >= 0.3 is 5.97 Å². The fraction of sp³-hybridized carbons (Fsp3) is 0.125. The Hall–Kier alpha value is -2.80. The summed E-state index contributed by atoms with van der Waals surface area (Å²) < 4.78 is 0. The molecule has 2 aromatic rings. The first-order chi connectivity index (χ1) is 11.0. The van der Waals surface area contributed by atoms with Gasteiger partial charge in [0.05, 0.1) is 10.5 Å². The number of rotatable bonds is 3. The van der Waals surface area contributed by atoms with Gasteiger partial charge in [-0.05, 0) is 36.9 Å². The Morgan fingerprint density at radius 3 is 2.70 bits per heavy atom. The molecular formula is C16H12N2O4S. The van der Waals surface area contributed by atoms with Crippen molar-refractivity contribution < 1.29 is 14.6 Å². The number of oxime groups is 1. The molecule has 0 unspecified atom stereocenters. The molecule has 116 valence electrons. The molecule has 0 bridgehead atoms. The van der Waals surface area contributed by atoms with E-state index in [9.17, 15) is 14.9 Å². The summed E-state index contributed by atoms with van der Waals surface area (Å²) >= 11 is 1.50. The van der Waals surface area contributed by atoms with E-state index in [1.54, 1.807) is 25.1 Å². The van der Waals surface area contributed by atoms with Crippen LogP contribution in [-0.2, 0) is 9.63 Å². The maximum atomic E-state index is 11.9. The first-order valence-electron chi connectivity index (χ1n) is 6.78. The Kier molecular flexibility index (Phi) is 3.79. The van der Waals surface area contributed by atoms with Crippen LogP contribution in [0, 0.1) is 24.0 Å². The van der Waals surface area contributed by atoms with Crippen molar-refractivity contribution in [3.05, 3.63) is 66.9 Å². The van der Waals surface area contributed by atoms with Gasteiger partial charge in [0.1, 0.15) is 5.71 Å². The second-order valence-corrected chi connectivity index (χ2v) is 6.05. The van der Waals surface area contributed by atoms with E-state index in [1.165, 1.54) is 17.4 Å². The average molecular weight is 328 g/mol. The van der Waals surface area contributed by atoms with E-state index in [4.69, 9.17) is 4.84 Å². The number of nitrogens with zero attached hydrogens (tertiary/aromatic N) is 2. The van der Waals surface area contributed by atoms with E-state index in [-0.39, 0.29) is 5.69 Å². The van der Waals surface area contributed by atoms with Gasteiger partial charge in [-0.25, -0.2) is 4.79 Å². The fourth-order valence-electron chi connectivity index (χ4n) is 2.23. The van der Waals surface area contributed by atoms with Gasteiger partial charge in [-0.2, -0.15) is 0 Å². The van der Waals surface area contributed by atoms with Gasteiger partial charge < -0.3 is 4.84 Å². The summed E-state index contributed by atoms with van der Waals surface area (Å²) in [5, 5.41) is 16.8. The highest BCUT2D eigenvalue weighted by Gasteiger charge is 2.28. The van der Waals surface area contributed by atoms with E-state index >= 15 is 0 Å². The third kappa shape index (κ3) is 2.78. The zero-order chi connectivity index (χ0) is 16.6. The highest BCUT2D eigenvalue weighted by molar-refractivity contribution is 7.11. The van der Waals surface area contributed by atoms with Gasteiger partial charge in [0, 0.05) is 22.1 Å². The second kappa shape index (κ2) is 5.77. The molecule has 0 radical (unpaired) electrons. The molecule has 1 aliphatic heterocycles. The predicted octanol–water partition coefficient (Wildman–Crippen LogP) is 3.62. The molecule has 1 aromatic carbocycles. The topological polar surface area (TPSA) is 81.8 Å². The van der Waals surface area contributed by atoms with Gasteiger partial charge in [-0.1, -0.05) is 17.3 Å². The summed E-state index contributed by atoms with van der Waals surface area (Å²) in [6.45, 7) is 3.60. The number of hydrogen-bond donors (Lipinski definition) is 0. The Balaban J connectivity index is 2.07. The molecule has 0 aliphatic carbocycles. The molecule has 0 N–H and O–H groups in total. The van der Waals surface area contributed by atoms with Gasteiger partial charge in [0.25, 0.3) is 5.69 Å². The van der Waals surface area contributed by atoms with Crippen LogP contribution >= 0.6 is 11.3 Å². The average Bonchev–Trinajstić information content (AvgIpc) is 3.07. The summed E-state index contributed by atoms with van der Waals surface area (Å²) in [7, 11) is 0. The predicted molar refractivity (Wildman–Crippen MR) is 87.5 cm³/mol. The Bertz CT molecular complexity index is 880. The molecule has 2 heterocycles. The number of hydrogen-bond acceptors (Lipinski definition) is 6. The molecule has 0 atom stereocenters. The lowest BCUT2D eigenvalue weighted by Gasteiger charge is -2.03. The molecule has 3 rings (SSSR count). The molecule has 0 amide bonds. The van der Waals surface area contributed by atoms with E-state index < -0.39 is 10.9 Å². The summed E-state index contributed by atoms with van der Waals surface area (Å²) in [6.07, 6.45) is 1.71. The van der Waals surface area contributed by atoms with Crippen LogP contribution in [0.25, 0.3) is 6.08 Å². The SMILES string of the molecule is Cc1ccc(C2=NOC(=O)/C2=C/c2sccc2C)cc1[N+](=O)[O-]. The van der Waals surface area contributed by atoms with Crippen molar-refractivity contribution >= 4 is 34.8 Å².